The number of nitriles is 2. The summed E-state index contributed by atoms with van der Waals surface area (Å²) < 4.78 is 5.32. The highest BCUT2D eigenvalue weighted by atomic mass is 16.6. The number of carbonyl (C=O) groups is 1. The fourth-order valence-electron chi connectivity index (χ4n) is 1.91. The van der Waals surface area contributed by atoms with Crippen molar-refractivity contribution in [2.24, 2.45) is 0 Å². The molecule has 0 fully saturated rings. The van der Waals surface area contributed by atoms with Crippen LogP contribution in [0.1, 0.15) is 36.7 Å². The van der Waals surface area contributed by atoms with Gasteiger partial charge in [0.2, 0.25) is 0 Å². The molecule has 0 aliphatic heterocycles. The van der Waals surface area contributed by atoms with E-state index in [-0.39, 0.29) is 12.5 Å². The van der Waals surface area contributed by atoms with Gasteiger partial charge in [-0.15, -0.1) is 0 Å². The summed E-state index contributed by atoms with van der Waals surface area (Å²) in [4.78, 5) is 13.7. The van der Waals surface area contributed by atoms with Gasteiger partial charge in [0.1, 0.15) is 12.1 Å². The summed E-state index contributed by atoms with van der Waals surface area (Å²) >= 11 is 0. The molecule has 0 amide bonds. The van der Waals surface area contributed by atoms with Crippen molar-refractivity contribution in [3.8, 4) is 12.1 Å². The van der Waals surface area contributed by atoms with E-state index in [1.165, 1.54) is 6.08 Å². The number of carbonyl (C=O) groups excluding carboxylic acids is 1. The highest BCUT2D eigenvalue weighted by Gasteiger charge is 2.17. The molecule has 0 atom stereocenters. The molecule has 1 rings (SSSR count). The van der Waals surface area contributed by atoms with Crippen molar-refractivity contribution < 1.29 is 9.53 Å². The highest BCUT2D eigenvalue weighted by Crippen LogP contribution is 2.17. The van der Waals surface area contributed by atoms with Gasteiger partial charge in [0.05, 0.1) is 17.7 Å². The zero-order valence-corrected chi connectivity index (χ0v) is 14.2. The Hall–Kier alpha value is -3.05. The van der Waals surface area contributed by atoms with Crippen molar-refractivity contribution in [1.82, 2.24) is 4.90 Å². The summed E-state index contributed by atoms with van der Waals surface area (Å²) in [5, 5.41) is 17.4. The van der Waals surface area contributed by atoms with Crippen LogP contribution in [0.2, 0.25) is 0 Å². The number of nitrogens with zero attached hydrogens (tertiary/aromatic N) is 3. The number of hydrogen-bond acceptors (Lipinski definition) is 5. The van der Waals surface area contributed by atoms with Gasteiger partial charge in [-0.05, 0) is 44.0 Å². The molecule has 0 bridgehead atoms. The third-order valence-corrected chi connectivity index (χ3v) is 2.96. The highest BCUT2D eigenvalue weighted by molar-refractivity contribution is 5.90. The lowest BCUT2D eigenvalue weighted by Crippen LogP contribution is -2.23. The Morgan fingerprint density at radius 1 is 1.25 bits per heavy atom. The molecule has 124 valence electrons. The predicted molar refractivity (Wildman–Crippen MR) is 92.6 cm³/mol. The van der Waals surface area contributed by atoms with Gasteiger partial charge in [0.15, 0.2) is 0 Å². The lowest BCUT2D eigenvalue weighted by atomic mass is 10.0. The Labute approximate surface area is 143 Å². The quantitative estimate of drug-likeness (QED) is 0.455. The zero-order chi connectivity index (χ0) is 18.2. The Morgan fingerprint density at radius 3 is 2.33 bits per heavy atom. The molecule has 0 N–H and O–H groups in total. The van der Waals surface area contributed by atoms with Gasteiger partial charge >= 0.3 is 5.97 Å². The van der Waals surface area contributed by atoms with Crippen LogP contribution in [0.15, 0.2) is 43.1 Å². The standard InChI is InChI=1S/C19H21N3O2/c1-15(14-22(13-11-21)12-5-10-20)16-6-8-17(9-7-16)18(23)24-19(2,3)4/h5-9,12H,1,13-14H2,2-4H3. The van der Waals surface area contributed by atoms with Crippen molar-refractivity contribution >= 4 is 11.5 Å². The first kappa shape index (κ1) is 19.0. The molecule has 0 radical (unpaired) electrons. The van der Waals surface area contributed by atoms with Crippen LogP contribution >= 0.6 is 0 Å². The Balaban J connectivity index is 2.79. The molecule has 0 unspecified atom stereocenters. The molecule has 0 saturated heterocycles. The van der Waals surface area contributed by atoms with Gasteiger partial charge in [-0.2, -0.15) is 10.5 Å². The lowest BCUT2D eigenvalue weighted by Gasteiger charge is -2.20. The third-order valence-electron chi connectivity index (χ3n) is 2.96. The number of ether oxygens (including phenoxy) is 1. The van der Waals surface area contributed by atoms with Crippen molar-refractivity contribution in [2.45, 2.75) is 26.4 Å². The molecule has 5 nitrogen and oxygen atoms in total. The van der Waals surface area contributed by atoms with Crippen LogP contribution in [0.3, 0.4) is 0 Å². The molecule has 1 aromatic carbocycles. The molecule has 24 heavy (non-hydrogen) atoms. The van der Waals surface area contributed by atoms with Crippen LogP contribution in [0.25, 0.3) is 5.57 Å². The SMILES string of the molecule is C=C(CN(C=CC#N)CC#N)c1ccc(C(=O)OC(C)(C)C)cc1. The van der Waals surface area contributed by atoms with E-state index in [0.717, 1.165) is 11.1 Å². The lowest BCUT2D eigenvalue weighted by molar-refractivity contribution is 0.00695. The van der Waals surface area contributed by atoms with Crippen LogP contribution in [0.5, 0.6) is 0 Å². The second kappa shape index (κ2) is 8.55. The van der Waals surface area contributed by atoms with Gasteiger partial charge in [-0.3, -0.25) is 0 Å². The monoisotopic (exact) mass is 323 g/mol. The molecule has 0 heterocycles. The average molecular weight is 323 g/mol. The minimum atomic E-state index is -0.537. The number of esters is 1. The molecule has 5 heteroatoms. The third kappa shape index (κ3) is 6.37. The summed E-state index contributed by atoms with van der Waals surface area (Å²) in [5.74, 6) is -0.372. The van der Waals surface area contributed by atoms with E-state index in [4.69, 9.17) is 15.3 Å². The first-order valence-electron chi connectivity index (χ1n) is 7.45. The number of allylic oxidation sites excluding steroid dienone is 1. The smallest absolute Gasteiger partial charge is 0.338 e. The summed E-state index contributed by atoms with van der Waals surface area (Å²) in [6.45, 7) is 10.0. The molecule has 0 spiro atoms. The van der Waals surface area contributed by atoms with Crippen LogP contribution < -0.4 is 0 Å². The van der Waals surface area contributed by atoms with Crippen LogP contribution in [-0.4, -0.2) is 29.6 Å². The van der Waals surface area contributed by atoms with E-state index in [0.29, 0.717) is 12.1 Å². The summed E-state index contributed by atoms with van der Waals surface area (Å²) in [7, 11) is 0. The Bertz CT molecular complexity index is 698. The normalized spacial score (nSPS) is 10.7. The molecule has 0 aliphatic carbocycles. The molecular formula is C19H21N3O2. The van der Waals surface area contributed by atoms with E-state index >= 15 is 0 Å². The van der Waals surface area contributed by atoms with E-state index < -0.39 is 5.60 Å². The van der Waals surface area contributed by atoms with Crippen molar-refractivity contribution in [2.75, 3.05) is 13.1 Å². The maximum absolute atomic E-state index is 12.0. The van der Waals surface area contributed by atoms with Gasteiger partial charge < -0.3 is 9.64 Å². The van der Waals surface area contributed by atoms with Gasteiger partial charge in [0, 0.05) is 18.8 Å². The van der Waals surface area contributed by atoms with E-state index in [9.17, 15) is 4.79 Å². The number of hydrogen-bond donors (Lipinski definition) is 0. The number of rotatable bonds is 6. The molecular weight excluding hydrogens is 302 g/mol. The average Bonchev–Trinajstić information content (AvgIpc) is 2.51. The van der Waals surface area contributed by atoms with Gasteiger partial charge in [-0.25, -0.2) is 4.79 Å². The fourth-order valence-corrected chi connectivity index (χ4v) is 1.91. The van der Waals surface area contributed by atoms with Crippen molar-refractivity contribution in [1.29, 1.82) is 10.5 Å². The summed E-state index contributed by atoms with van der Waals surface area (Å²) in [6.07, 6.45) is 2.87. The molecule has 0 aromatic heterocycles. The largest absolute Gasteiger partial charge is 0.456 e. The van der Waals surface area contributed by atoms with Crippen LogP contribution in [-0.2, 0) is 4.74 Å². The minimum absolute atomic E-state index is 0.160. The van der Waals surface area contributed by atoms with Crippen LogP contribution in [0.4, 0.5) is 0 Å². The van der Waals surface area contributed by atoms with Crippen molar-refractivity contribution in [3.63, 3.8) is 0 Å². The van der Waals surface area contributed by atoms with Gasteiger partial charge in [-0.1, -0.05) is 18.7 Å². The summed E-state index contributed by atoms with van der Waals surface area (Å²) in [5.41, 5.74) is 1.57. The second-order valence-electron chi connectivity index (χ2n) is 6.19. The molecule has 0 saturated carbocycles. The zero-order valence-electron chi connectivity index (χ0n) is 14.2. The molecule has 0 aliphatic rings. The maximum Gasteiger partial charge on any atom is 0.338 e. The second-order valence-corrected chi connectivity index (χ2v) is 6.19. The predicted octanol–water partition coefficient (Wildman–Crippen LogP) is 3.52. The Kier molecular flexibility index (Phi) is 6.77. The van der Waals surface area contributed by atoms with Gasteiger partial charge in [0.25, 0.3) is 0 Å². The molecule has 1 aromatic rings. The first-order valence-corrected chi connectivity index (χ1v) is 7.45. The van der Waals surface area contributed by atoms with E-state index in [2.05, 4.69) is 6.58 Å². The van der Waals surface area contributed by atoms with E-state index in [1.807, 2.05) is 32.9 Å². The first-order chi connectivity index (χ1) is 11.3. The topological polar surface area (TPSA) is 77.1 Å². The number of benzene rings is 1. The maximum atomic E-state index is 12.0. The summed E-state index contributed by atoms with van der Waals surface area (Å²) in [6, 6.07) is 10.9. The minimum Gasteiger partial charge on any atom is -0.456 e. The van der Waals surface area contributed by atoms with Crippen molar-refractivity contribution in [3.05, 3.63) is 54.2 Å². The Morgan fingerprint density at radius 2 is 1.83 bits per heavy atom. The fraction of sp³-hybridized carbons (Fsp3) is 0.316. The van der Waals surface area contributed by atoms with Crippen LogP contribution in [0, 0.1) is 22.7 Å². The van der Waals surface area contributed by atoms with E-state index in [1.54, 1.807) is 35.4 Å².